The van der Waals surface area contributed by atoms with Crippen molar-refractivity contribution in [1.82, 2.24) is 5.32 Å². The average molecular weight is 295 g/mol. The number of amides is 2. The van der Waals surface area contributed by atoms with E-state index >= 15 is 0 Å². The van der Waals surface area contributed by atoms with E-state index in [1.54, 1.807) is 24.3 Å². The molecule has 0 saturated heterocycles. The first-order chi connectivity index (χ1) is 9.54. The zero-order chi connectivity index (χ0) is 14.5. The standard InChI is InChI=1S/C13H11ClN2O4/c14-8-2-1-3-9(6-8)16-13(19)15-7-10-4-5-11(20-10)12(17)18/h1-6H,7H2,(H,17,18)(H2,15,16,19). The number of carbonyl (C=O) groups is 2. The van der Waals surface area contributed by atoms with E-state index in [0.717, 1.165) is 0 Å². The number of carbonyl (C=O) groups excluding carboxylic acids is 1. The number of hydrogen-bond acceptors (Lipinski definition) is 3. The van der Waals surface area contributed by atoms with Gasteiger partial charge in [-0.25, -0.2) is 9.59 Å². The maximum absolute atomic E-state index is 11.6. The number of aromatic carboxylic acids is 1. The van der Waals surface area contributed by atoms with Crippen LogP contribution in [0.3, 0.4) is 0 Å². The first kappa shape index (κ1) is 14.0. The number of carboxylic acid groups (broad SMARTS) is 1. The van der Waals surface area contributed by atoms with Crippen LogP contribution in [0.5, 0.6) is 0 Å². The lowest BCUT2D eigenvalue weighted by Crippen LogP contribution is -2.27. The summed E-state index contributed by atoms with van der Waals surface area (Å²) >= 11 is 5.79. The van der Waals surface area contributed by atoms with E-state index in [1.165, 1.54) is 12.1 Å². The lowest BCUT2D eigenvalue weighted by molar-refractivity contribution is 0.0660. The van der Waals surface area contributed by atoms with Crippen LogP contribution in [0.1, 0.15) is 16.3 Å². The SMILES string of the molecule is O=C(NCc1ccc(C(=O)O)o1)Nc1cccc(Cl)c1. The predicted octanol–water partition coefficient (Wildman–Crippen LogP) is 2.95. The third-order valence-corrected chi connectivity index (χ3v) is 2.61. The number of nitrogens with one attached hydrogen (secondary N) is 2. The van der Waals surface area contributed by atoms with E-state index in [4.69, 9.17) is 21.1 Å². The highest BCUT2D eigenvalue weighted by Gasteiger charge is 2.09. The van der Waals surface area contributed by atoms with Crippen molar-refractivity contribution < 1.29 is 19.1 Å². The van der Waals surface area contributed by atoms with Crippen molar-refractivity contribution in [1.29, 1.82) is 0 Å². The van der Waals surface area contributed by atoms with Gasteiger partial charge in [0.1, 0.15) is 5.76 Å². The Morgan fingerprint density at radius 3 is 2.70 bits per heavy atom. The van der Waals surface area contributed by atoms with Crippen LogP contribution in [-0.2, 0) is 6.54 Å². The highest BCUT2D eigenvalue weighted by Crippen LogP contribution is 2.14. The van der Waals surface area contributed by atoms with Gasteiger partial charge in [-0.05, 0) is 30.3 Å². The lowest BCUT2D eigenvalue weighted by Gasteiger charge is -2.06. The van der Waals surface area contributed by atoms with Crippen molar-refractivity contribution in [3.63, 3.8) is 0 Å². The van der Waals surface area contributed by atoms with Gasteiger partial charge >= 0.3 is 12.0 Å². The minimum absolute atomic E-state index is 0.0830. The van der Waals surface area contributed by atoms with Gasteiger partial charge in [-0.15, -0.1) is 0 Å². The highest BCUT2D eigenvalue weighted by molar-refractivity contribution is 6.30. The van der Waals surface area contributed by atoms with E-state index in [1.807, 2.05) is 0 Å². The Morgan fingerprint density at radius 1 is 1.25 bits per heavy atom. The summed E-state index contributed by atoms with van der Waals surface area (Å²) in [5.41, 5.74) is 0.556. The van der Waals surface area contributed by atoms with Crippen LogP contribution in [0.25, 0.3) is 0 Å². The van der Waals surface area contributed by atoms with Crippen LogP contribution in [0, 0.1) is 0 Å². The molecule has 0 spiro atoms. The Morgan fingerprint density at radius 2 is 2.05 bits per heavy atom. The van der Waals surface area contributed by atoms with Crippen LogP contribution in [0.15, 0.2) is 40.8 Å². The molecular weight excluding hydrogens is 284 g/mol. The number of hydrogen-bond donors (Lipinski definition) is 3. The molecule has 0 aliphatic rings. The lowest BCUT2D eigenvalue weighted by atomic mass is 10.3. The number of urea groups is 1. The molecular formula is C13H11ClN2O4. The van der Waals surface area contributed by atoms with Crippen molar-refractivity contribution in [3.05, 3.63) is 52.9 Å². The van der Waals surface area contributed by atoms with E-state index in [2.05, 4.69) is 10.6 Å². The maximum Gasteiger partial charge on any atom is 0.371 e. The molecule has 1 aromatic carbocycles. The summed E-state index contributed by atoms with van der Waals surface area (Å²) in [5, 5.41) is 14.3. The second kappa shape index (κ2) is 6.12. The number of anilines is 1. The molecule has 0 aliphatic carbocycles. The monoisotopic (exact) mass is 294 g/mol. The van der Waals surface area contributed by atoms with Gasteiger partial charge in [0.05, 0.1) is 6.54 Å². The summed E-state index contributed by atoms with van der Waals surface area (Å²) in [5.74, 6) is -0.972. The van der Waals surface area contributed by atoms with Crippen molar-refractivity contribution in [2.75, 3.05) is 5.32 Å². The zero-order valence-corrected chi connectivity index (χ0v) is 11.0. The van der Waals surface area contributed by atoms with Crippen LogP contribution >= 0.6 is 11.6 Å². The zero-order valence-electron chi connectivity index (χ0n) is 10.2. The molecule has 2 amide bonds. The molecule has 7 heteroatoms. The Hall–Kier alpha value is -2.47. The fourth-order valence-corrected chi connectivity index (χ4v) is 1.69. The molecule has 6 nitrogen and oxygen atoms in total. The molecule has 0 bridgehead atoms. The molecule has 2 rings (SSSR count). The van der Waals surface area contributed by atoms with Crippen LogP contribution in [0.2, 0.25) is 5.02 Å². The molecule has 0 atom stereocenters. The second-order valence-electron chi connectivity index (χ2n) is 3.89. The normalized spacial score (nSPS) is 10.1. The van der Waals surface area contributed by atoms with Gasteiger partial charge in [0.2, 0.25) is 5.76 Å². The summed E-state index contributed by atoms with van der Waals surface area (Å²) in [7, 11) is 0. The fraction of sp³-hybridized carbons (Fsp3) is 0.0769. The van der Waals surface area contributed by atoms with Gasteiger partial charge in [-0.2, -0.15) is 0 Å². The van der Waals surface area contributed by atoms with Crippen molar-refractivity contribution in [2.45, 2.75) is 6.54 Å². The van der Waals surface area contributed by atoms with Crippen LogP contribution < -0.4 is 10.6 Å². The summed E-state index contributed by atoms with van der Waals surface area (Å²) in [6.07, 6.45) is 0. The topological polar surface area (TPSA) is 91.6 Å². The maximum atomic E-state index is 11.6. The first-order valence-electron chi connectivity index (χ1n) is 5.67. The minimum Gasteiger partial charge on any atom is -0.475 e. The minimum atomic E-state index is -1.15. The Balaban J connectivity index is 1.87. The van der Waals surface area contributed by atoms with Crippen molar-refractivity contribution >= 4 is 29.3 Å². The van der Waals surface area contributed by atoms with E-state index in [0.29, 0.717) is 16.5 Å². The van der Waals surface area contributed by atoms with Gasteiger partial charge in [0, 0.05) is 10.7 Å². The van der Waals surface area contributed by atoms with Crippen molar-refractivity contribution in [3.8, 4) is 0 Å². The fourth-order valence-electron chi connectivity index (χ4n) is 1.50. The molecule has 2 aromatic rings. The van der Waals surface area contributed by atoms with Crippen molar-refractivity contribution in [2.24, 2.45) is 0 Å². The largest absolute Gasteiger partial charge is 0.475 e. The number of benzene rings is 1. The molecule has 104 valence electrons. The Kier molecular flexibility index (Phi) is 4.27. The molecule has 0 fully saturated rings. The Labute approximate surface area is 119 Å². The highest BCUT2D eigenvalue weighted by atomic mass is 35.5. The first-order valence-corrected chi connectivity index (χ1v) is 6.05. The van der Waals surface area contributed by atoms with Gasteiger partial charge in [-0.1, -0.05) is 17.7 Å². The molecule has 1 aromatic heterocycles. The molecule has 3 N–H and O–H groups in total. The smallest absolute Gasteiger partial charge is 0.371 e. The van der Waals surface area contributed by atoms with Gasteiger partial charge in [-0.3, -0.25) is 0 Å². The third kappa shape index (κ3) is 3.76. The van der Waals surface area contributed by atoms with Gasteiger partial charge < -0.3 is 20.2 Å². The Bertz CT molecular complexity index is 639. The van der Waals surface area contributed by atoms with Gasteiger partial charge in [0.15, 0.2) is 0 Å². The number of carboxylic acids is 1. The molecule has 0 saturated carbocycles. The summed E-state index contributed by atoms with van der Waals surface area (Å²) in [6.45, 7) is 0.0830. The third-order valence-electron chi connectivity index (χ3n) is 2.38. The van der Waals surface area contributed by atoms with E-state index in [9.17, 15) is 9.59 Å². The van der Waals surface area contributed by atoms with E-state index in [-0.39, 0.29) is 12.3 Å². The second-order valence-corrected chi connectivity index (χ2v) is 4.33. The number of rotatable bonds is 4. The average Bonchev–Trinajstić information content (AvgIpc) is 2.85. The molecule has 0 unspecified atom stereocenters. The molecule has 1 heterocycles. The molecule has 0 aliphatic heterocycles. The summed E-state index contributed by atoms with van der Waals surface area (Å²) in [6, 6.07) is 9.08. The summed E-state index contributed by atoms with van der Waals surface area (Å²) < 4.78 is 5.00. The molecule has 0 radical (unpaired) electrons. The predicted molar refractivity (Wildman–Crippen MR) is 73.0 cm³/mol. The quantitative estimate of drug-likeness (QED) is 0.808. The van der Waals surface area contributed by atoms with Crippen LogP contribution in [-0.4, -0.2) is 17.1 Å². The van der Waals surface area contributed by atoms with E-state index < -0.39 is 12.0 Å². The summed E-state index contributed by atoms with van der Waals surface area (Å²) in [4.78, 5) is 22.2. The van der Waals surface area contributed by atoms with Crippen LogP contribution in [0.4, 0.5) is 10.5 Å². The molecule has 20 heavy (non-hydrogen) atoms. The van der Waals surface area contributed by atoms with Gasteiger partial charge in [0.25, 0.3) is 0 Å². The number of halogens is 1. The number of furan rings is 1.